The van der Waals surface area contributed by atoms with E-state index in [9.17, 15) is 15.3 Å². The number of aliphatic hydroxyl groups is 3. The molecule has 1 aliphatic carbocycles. The summed E-state index contributed by atoms with van der Waals surface area (Å²) >= 11 is 1.64. The Kier molecular flexibility index (Phi) is 10.8. The van der Waals surface area contributed by atoms with Crippen molar-refractivity contribution in [2.24, 2.45) is 29.1 Å². The third-order valence-electron chi connectivity index (χ3n) is 9.42. The second-order valence-electron chi connectivity index (χ2n) is 12.5. The molecule has 36 heavy (non-hydrogen) atoms. The number of hydrogen-bond acceptors (Lipinski definition) is 6. The molecule has 2 aliphatic rings. The number of nitrogens with zero attached hydrogens (tertiary/aromatic N) is 1. The number of hydrogen-bond donors (Lipinski definition) is 3. The van der Waals surface area contributed by atoms with Gasteiger partial charge < -0.3 is 20.1 Å². The first-order chi connectivity index (χ1) is 16.2. The Morgan fingerprint density at radius 2 is 1.75 bits per heavy atom. The first-order valence-electron chi connectivity index (χ1n) is 13.6. The molecular formula is C30H53NO4S. The van der Waals surface area contributed by atoms with E-state index in [2.05, 4.69) is 51.1 Å². The van der Waals surface area contributed by atoms with E-state index in [0.717, 1.165) is 36.4 Å². The lowest BCUT2D eigenvalue weighted by molar-refractivity contribution is -0.0978. The minimum atomic E-state index is -0.793. The van der Waals surface area contributed by atoms with Gasteiger partial charge in [0.25, 0.3) is 0 Å². The lowest BCUT2D eigenvalue weighted by Gasteiger charge is -2.42. The first-order valence-corrected chi connectivity index (χ1v) is 14.4. The molecule has 0 aromatic carbocycles. The Hall–Kier alpha value is -0.790. The monoisotopic (exact) mass is 523 g/mol. The van der Waals surface area contributed by atoms with Crippen molar-refractivity contribution in [1.82, 2.24) is 4.98 Å². The van der Waals surface area contributed by atoms with Crippen molar-refractivity contribution in [2.75, 3.05) is 0 Å². The first kappa shape index (κ1) is 31.4. The lowest BCUT2D eigenvalue weighted by atomic mass is 9.68. The quantitative estimate of drug-likeness (QED) is 0.379. The smallest absolute Gasteiger partial charge is 0.0920 e. The van der Waals surface area contributed by atoms with E-state index >= 15 is 0 Å². The van der Waals surface area contributed by atoms with Crippen molar-refractivity contribution >= 4 is 17.4 Å². The zero-order valence-corrected chi connectivity index (χ0v) is 23.9. The van der Waals surface area contributed by atoms with Gasteiger partial charge in [0.15, 0.2) is 0 Å². The van der Waals surface area contributed by atoms with Crippen LogP contribution in [-0.2, 0) is 4.74 Å². The van der Waals surface area contributed by atoms with E-state index in [4.69, 9.17) is 4.74 Å². The standard InChI is InChI=1S/C29H49NO4S.CH4/c1-17-10-9-11-29(8)26(34-29)14-22(18(2)12-23-16-35-21(5)30-23)13-24(31)15-25(32)28(6,7)27(33)20(4)19(17)3;/h12,16-17,19-20,22,24-27,31-33H,9-11,13-15H2,1-8H3;1H4/b18-12+;/t17-,19-,20+,22?,24-,25?,26-,27+,29+;/m0./s1. The van der Waals surface area contributed by atoms with Crippen molar-refractivity contribution in [3.63, 3.8) is 0 Å². The van der Waals surface area contributed by atoms with Gasteiger partial charge in [0.2, 0.25) is 0 Å². The van der Waals surface area contributed by atoms with Gasteiger partial charge in [-0.25, -0.2) is 4.98 Å². The van der Waals surface area contributed by atoms with Gasteiger partial charge in [-0.1, -0.05) is 60.5 Å². The molecule has 1 aromatic heterocycles. The summed E-state index contributed by atoms with van der Waals surface area (Å²) < 4.78 is 6.24. The summed E-state index contributed by atoms with van der Waals surface area (Å²) in [6.07, 6.45) is 5.17. The normalized spacial score (nSPS) is 40.7. The van der Waals surface area contributed by atoms with Crippen molar-refractivity contribution in [2.45, 2.75) is 131 Å². The summed E-state index contributed by atoms with van der Waals surface area (Å²) in [4.78, 5) is 4.59. The summed E-state index contributed by atoms with van der Waals surface area (Å²) in [5.41, 5.74) is 1.36. The van der Waals surface area contributed by atoms with Gasteiger partial charge >= 0.3 is 0 Å². The molecule has 0 radical (unpaired) electrons. The van der Waals surface area contributed by atoms with Crippen LogP contribution in [0.5, 0.6) is 0 Å². The molecule has 2 fully saturated rings. The van der Waals surface area contributed by atoms with Gasteiger partial charge in [0.1, 0.15) is 0 Å². The maximum atomic E-state index is 11.3. The van der Waals surface area contributed by atoms with Crippen LogP contribution >= 0.6 is 11.3 Å². The molecule has 1 saturated heterocycles. The topological polar surface area (TPSA) is 86.1 Å². The largest absolute Gasteiger partial charge is 0.393 e. The van der Waals surface area contributed by atoms with Crippen LogP contribution in [0.3, 0.4) is 0 Å². The number of ether oxygens (including phenoxy) is 1. The van der Waals surface area contributed by atoms with E-state index in [1.165, 1.54) is 5.57 Å². The zero-order chi connectivity index (χ0) is 26.1. The molecule has 208 valence electrons. The van der Waals surface area contributed by atoms with E-state index < -0.39 is 23.7 Å². The van der Waals surface area contributed by atoms with Crippen LogP contribution in [0, 0.1) is 36.0 Å². The average molecular weight is 524 g/mol. The number of thiazole rings is 1. The van der Waals surface area contributed by atoms with E-state index in [0.29, 0.717) is 18.3 Å². The summed E-state index contributed by atoms with van der Waals surface area (Å²) in [7, 11) is 0. The third-order valence-corrected chi connectivity index (χ3v) is 10.2. The zero-order valence-electron chi connectivity index (χ0n) is 23.1. The van der Waals surface area contributed by atoms with Crippen molar-refractivity contribution in [3.05, 3.63) is 21.7 Å². The number of rotatable bonds is 2. The Balaban J connectivity index is 0.00000456. The Bertz CT molecular complexity index is 867. The number of aliphatic hydroxyl groups excluding tert-OH is 3. The summed E-state index contributed by atoms with van der Waals surface area (Å²) in [5, 5.41) is 36.6. The highest BCUT2D eigenvalue weighted by Gasteiger charge is 2.52. The van der Waals surface area contributed by atoms with Crippen molar-refractivity contribution < 1.29 is 20.1 Å². The van der Waals surface area contributed by atoms with Gasteiger partial charge in [0.05, 0.1) is 40.7 Å². The highest BCUT2D eigenvalue weighted by molar-refractivity contribution is 7.09. The van der Waals surface area contributed by atoms with Gasteiger partial charge in [0, 0.05) is 10.8 Å². The average Bonchev–Trinajstić information content (AvgIpc) is 3.22. The van der Waals surface area contributed by atoms with Crippen molar-refractivity contribution in [3.8, 4) is 0 Å². The summed E-state index contributed by atoms with van der Waals surface area (Å²) in [5.74, 6) is 1.01. The van der Waals surface area contributed by atoms with Crippen LogP contribution in [0.1, 0.15) is 105 Å². The molecule has 0 amide bonds. The molecule has 3 N–H and O–H groups in total. The number of aromatic nitrogens is 1. The molecule has 0 bridgehead atoms. The fourth-order valence-electron chi connectivity index (χ4n) is 6.04. The minimum absolute atomic E-state index is 0. The fraction of sp³-hybridized carbons (Fsp3) is 0.833. The number of epoxide rings is 1. The van der Waals surface area contributed by atoms with E-state index in [1.54, 1.807) is 11.3 Å². The van der Waals surface area contributed by atoms with Crippen molar-refractivity contribution in [1.29, 1.82) is 0 Å². The highest BCUT2D eigenvalue weighted by Crippen LogP contribution is 2.47. The molecular weight excluding hydrogens is 470 g/mol. The minimum Gasteiger partial charge on any atom is -0.393 e. The molecule has 9 atom stereocenters. The second-order valence-corrected chi connectivity index (χ2v) is 13.6. The van der Waals surface area contributed by atoms with Gasteiger partial charge in [-0.15, -0.1) is 11.3 Å². The lowest BCUT2D eigenvalue weighted by Crippen LogP contribution is -2.47. The Labute approximate surface area is 224 Å². The molecule has 0 spiro atoms. The molecule has 1 aliphatic heterocycles. The maximum Gasteiger partial charge on any atom is 0.0920 e. The number of fused-ring (bicyclic) bond motifs is 1. The summed E-state index contributed by atoms with van der Waals surface area (Å²) in [6, 6.07) is 0. The maximum absolute atomic E-state index is 11.3. The van der Waals surface area contributed by atoms with Crippen LogP contribution in [-0.4, -0.2) is 50.3 Å². The van der Waals surface area contributed by atoms with E-state index in [1.807, 2.05) is 20.8 Å². The second kappa shape index (κ2) is 12.4. The van der Waals surface area contributed by atoms with Crippen LogP contribution in [0.4, 0.5) is 0 Å². The molecule has 1 aromatic rings. The Morgan fingerprint density at radius 3 is 2.36 bits per heavy atom. The third kappa shape index (κ3) is 7.41. The number of aryl methyl sites for hydroxylation is 1. The molecule has 2 heterocycles. The Morgan fingerprint density at radius 1 is 1.08 bits per heavy atom. The van der Waals surface area contributed by atoms with E-state index in [-0.39, 0.29) is 37.4 Å². The van der Waals surface area contributed by atoms with Crippen LogP contribution < -0.4 is 0 Å². The van der Waals surface area contributed by atoms with Gasteiger partial charge in [-0.2, -0.15) is 0 Å². The highest BCUT2D eigenvalue weighted by atomic mass is 32.1. The molecule has 1 saturated carbocycles. The van der Waals surface area contributed by atoms with Gasteiger partial charge in [-0.05, 0) is 76.2 Å². The summed E-state index contributed by atoms with van der Waals surface area (Å²) in [6.45, 7) is 16.8. The van der Waals surface area contributed by atoms with Crippen LogP contribution in [0.2, 0.25) is 0 Å². The molecule has 3 rings (SSSR count). The SMILES string of the molecule is C.C/C(=C\c1csc(C)n1)C1C[C@H](O)CC(O)C(C)(C)[C@H](O)[C@H](C)[C@@H](C)[C@@H](C)CCC[C@@]2(C)O[C@H]2C1. The predicted octanol–water partition coefficient (Wildman–Crippen LogP) is 6.64. The predicted molar refractivity (Wildman–Crippen MR) is 151 cm³/mol. The van der Waals surface area contributed by atoms with Crippen LogP contribution in [0.15, 0.2) is 11.0 Å². The van der Waals surface area contributed by atoms with Gasteiger partial charge in [-0.3, -0.25) is 0 Å². The molecule has 5 nitrogen and oxygen atoms in total. The molecule has 6 heteroatoms. The van der Waals surface area contributed by atoms with Crippen LogP contribution in [0.25, 0.3) is 6.08 Å². The fourth-order valence-corrected chi connectivity index (χ4v) is 6.61. The number of allylic oxidation sites excluding steroid dienone is 1. The molecule has 2 unspecified atom stereocenters.